The van der Waals surface area contributed by atoms with Crippen LogP contribution in [0.5, 0.6) is 5.75 Å². The number of H-pyrrole nitrogens is 1. The molecule has 3 aromatic rings. The zero-order valence-corrected chi connectivity index (χ0v) is 22.6. The van der Waals surface area contributed by atoms with Crippen LogP contribution in [0.4, 0.5) is 4.39 Å². The molecule has 1 saturated heterocycles. The molecular weight excluding hydrogens is 507 g/mol. The van der Waals surface area contributed by atoms with Crippen LogP contribution in [0.1, 0.15) is 63.1 Å². The van der Waals surface area contributed by atoms with Gasteiger partial charge in [0, 0.05) is 12.1 Å². The average Bonchev–Trinajstić information content (AvgIpc) is 2.92. The van der Waals surface area contributed by atoms with Gasteiger partial charge < -0.3 is 10.1 Å². The Kier molecular flexibility index (Phi) is 7.88. The van der Waals surface area contributed by atoms with E-state index in [-0.39, 0.29) is 35.1 Å². The van der Waals surface area contributed by atoms with E-state index in [1.165, 1.54) is 16.8 Å². The van der Waals surface area contributed by atoms with E-state index in [0.29, 0.717) is 37.1 Å². The van der Waals surface area contributed by atoms with E-state index in [2.05, 4.69) is 10.3 Å². The highest BCUT2D eigenvalue weighted by molar-refractivity contribution is 7.99. The van der Waals surface area contributed by atoms with Crippen molar-refractivity contribution in [1.82, 2.24) is 14.5 Å². The molecule has 5 rings (SSSR count). The first kappa shape index (κ1) is 26.5. The summed E-state index contributed by atoms with van der Waals surface area (Å²) < 4.78 is 22.9. The molecule has 1 aliphatic heterocycles. The molecule has 1 amide bonds. The predicted octanol–water partition coefficient (Wildman–Crippen LogP) is 3.56. The maximum Gasteiger partial charge on any atom is 0.418 e. The predicted molar refractivity (Wildman–Crippen MR) is 145 cm³/mol. The number of carbonyl (C=O) groups excluding carboxylic acids is 1. The van der Waals surface area contributed by atoms with E-state index in [0.717, 1.165) is 29.9 Å². The number of rotatable bonds is 6. The van der Waals surface area contributed by atoms with Gasteiger partial charge >= 0.3 is 5.69 Å². The number of amides is 1. The number of nitrogens with zero attached hydrogens (tertiary/aromatic N) is 2. The van der Waals surface area contributed by atoms with Gasteiger partial charge in [0.05, 0.1) is 0 Å². The van der Waals surface area contributed by atoms with Crippen LogP contribution in [0, 0.1) is 12.7 Å². The van der Waals surface area contributed by atoms with Crippen LogP contribution in [-0.4, -0.2) is 38.7 Å². The van der Waals surface area contributed by atoms with Gasteiger partial charge in [-0.1, -0.05) is 17.7 Å². The van der Waals surface area contributed by atoms with E-state index < -0.39 is 17.5 Å². The van der Waals surface area contributed by atoms with Crippen molar-refractivity contribution in [3.63, 3.8) is 0 Å². The lowest BCUT2D eigenvalue weighted by Crippen LogP contribution is -2.48. The molecule has 1 unspecified atom stereocenters. The first-order valence-electron chi connectivity index (χ1n) is 13.3. The number of hydrogen-bond acceptors (Lipinski definition) is 5. The Labute approximate surface area is 224 Å². The Hall–Kier alpha value is -3.14. The molecule has 1 aromatic carbocycles. The highest BCUT2D eigenvalue weighted by Gasteiger charge is 2.33. The number of hydrogen-bond donors (Lipinski definition) is 1. The molecule has 0 bridgehead atoms. The van der Waals surface area contributed by atoms with Crippen molar-refractivity contribution < 1.29 is 18.9 Å². The van der Waals surface area contributed by atoms with Crippen molar-refractivity contribution in [2.75, 3.05) is 11.5 Å². The molecule has 1 aliphatic carbocycles. The fourth-order valence-electron chi connectivity index (χ4n) is 5.53. The number of aromatic nitrogens is 3. The Morgan fingerprint density at radius 1 is 1.05 bits per heavy atom. The van der Waals surface area contributed by atoms with Gasteiger partial charge in [-0.25, -0.2) is 18.7 Å². The minimum atomic E-state index is -0.648. The van der Waals surface area contributed by atoms with Crippen molar-refractivity contribution in [2.24, 2.45) is 0 Å². The maximum atomic E-state index is 14.1. The lowest BCUT2D eigenvalue weighted by atomic mass is 9.90. The molecule has 202 valence electrons. The molecular formula is C28H34FN4O4S+. The number of benzene rings is 1. The Morgan fingerprint density at radius 3 is 2.39 bits per heavy atom. The zero-order valence-electron chi connectivity index (χ0n) is 21.7. The van der Waals surface area contributed by atoms with E-state index in [1.807, 2.05) is 43.0 Å². The van der Waals surface area contributed by atoms with Gasteiger partial charge in [0.25, 0.3) is 17.1 Å². The highest BCUT2D eigenvalue weighted by Crippen LogP contribution is 2.30. The number of ether oxygens (including phenoxy) is 1. The fraction of sp³-hybridized carbons (Fsp3) is 0.500. The average molecular weight is 542 g/mol. The molecule has 10 heteroatoms. The molecule has 8 nitrogen and oxygen atoms in total. The lowest BCUT2D eigenvalue weighted by Gasteiger charge is -2.30. The number of pyridine rings is 1. The number of halogens is 1. The summed E-state index contributed by atoms with van der Waals surface area (Å²) >= 11 is 1.85. The second-order valence-electron chi connectivity index (χ2n) is 10.3. The summed E-state index contributed by atoms with van der Waals surface area (Å²) in [5.74, 6) is 1.78. The molecule has 38 heavy (non-hydrogen) atoms. The fourth-order valence-corrected chi connectivity index (χ4v) is 6.61. The monoisotopic (exact) mass is 541 g/mol. The van der Waals surface area contributed by atoms with Crippen LogP contribution in [0.2, 0.25) is 0 Å². The van der Waals surface area contributed by atoms with Crippen LogP contribution in [-0.2, 0) is 4.79 Å². The third kappa shape index (κ3) is 5.50. The summed E-state index contributed by atoms with van der Waals surface area (Å²) in [4.78, 5) is 42.8. The van der Waals surface area contributed by atoms with Crippen LogP contribution < -0.4 is 26.3 Å². The summed E-state index contributed by atoms with van der Waals surface area (Å²) in [5, 5.41) is 3.25. The van der Waals surface area contributed by atoms with Crippen molar-refractivity contribution in [3.8, 4) is 5.75 Å². The standard InChI is InChI=1S/C28H33FN4O4S/c1-17-3-9-23(10-4-17)37-18(2)26(34)31-20-5-7-21(8-6-20)33-27(35)24-15-19(29)16-30-25(24)32(28(33)36)22-11-13-38-14-12-22/h3-4,9-10,15-16,18,20-22H,5-8,11-14H2,1-2H3,(H,31,34)/p+1. The van der Waals surface area contributed by atoms with Gasteiger partial charge in [-0.15, -0.1) is 0 Å². The third-order valence-electron chi connectivity index (χ3n) is 7.65. The quantitative estimate of drug-likeness (QED) is 0.515. The summed E-state index contributed by atoms with van der Waals surface area (Å²) in [6.07, 6.45) is 4.59. The maximum absolute atomic E-state index is 14.1. The largest absolute Gasteiger partial charge is 0.481 e. The van der Waals surface area contributed by atoms with E-state index >= 15 is 0 Å². The number of nitrogens with one attached hydrogen (secondary N) is 2. The molecule has 1 saturated carbocycles. The lowest BCUT2D eigenvalue weighted by molar-refractivity contribution is -0.353. The first-order valence-corrected chi connectivity index (χ1v) is 14.5. The minimum absolute atomic E-state index is 0.0366. The Morgan fingerprint density at radius 2 is 1.71 bits per heavy atom. The normalized spacial score (nSPS) is 21.2. The summed E-state index contributed by atoms with van der Waals surface area (Å²) in [6, 6.07) is 8.36. The molecule has 2 aromatic heterocycles. The molecule has 0 radical (unpaired) electrons. The van der Waals surface area contributed by atoms with Gasteiger partial charge in [-0.2, -0.15) is 16.3 Å². The van der Waals surface area contributed by atoms with Crippen LogP contribution in [0.25, 0.3) is 11.0 Å². The van der Waals surface area contributed by atoms with E-state index in [1.54, 1.807) is 11.5 Å². The van der Waals surface area contributed by atoms with Crippen molar-refractivity contribution in [2.45, 2.75) is 76.6 Å². The van der Waals surface area contributed by atoms with Gasteiger partial charge in [-0.3, -0.25) is 9.59 Å². The zero-order chi connectivity index (χ0) is 26.8. The smallest absolute Gasteiger partial charge is 0.418 e. The van der Waals surface area contributed by atoms with Crippen molar-refractivity contribution in [3.05, 3.63) is 68.7 Å². The molecule has 2 fully saturated rings. The van der Waals surface area contributed by atoms with Gasteiger partial charge in [0.2, 0.25) is 0 Å². The van der Waals surface area contributed by atoms with Crippen molar-refractivity contribution in [1.29, 1.82) is 0 Å². The number of aromatic amines is 1. The van der Waals surface area contributed by atoms with Gasteiger partial charge in [-0.05, 0) is 82.1 Å². The van der Waals surface area contributed by atoms with Crippen LogP contribution >= 0.6 is 11.8 Å². The van der Waals surface area contributed by atoms with Gasteiger partial charge in [0.15, 0.2) is 11.9 Å². The molecule has 1 atom stereocenters. The third-order valence-corrected chi connectivity index (χ3v) is 8.70. The molecule has 2 N–H and O–H groups in total. The Bertz CT molecular complexity index is 1420. The van der Waals surface area contributed by atoms with Crippen LogP contribution in [0.15, 0.2) is 46.1 Å². The number of carbonyl (C=O) groups is 1. The number of aryl methyl sites for hydroxylation is 1. The topological polar surface area (TPSA) is 96.5 Å². The molecule has 3 heterocycles. The summed E-state index contributed by atoms with van der Waals surface area (Å²) in [7, 11) is 0. The number of fused-ring (bicyclic) bond motifs is 1. The SMILES string of the molecule is Cc1ccc(OC(C)C(=O)NC2CCC(n3c(=O)c4cc(F)c[nH+]c4n(C4CCSCC4)c3=O)CC2)cc1. The molecule has 2 aliphatic rings. The molecule has 0 spiro atoms. The van der Waals surface area contributed by atoms with Crippen LogP contribution in [0.3, 0.4) is 0 Å². The highest BCUT2D eigenvalue weighted by atomic mass is 32.2. The van der Waals surface area contributed by atoms with E-state index in [4.69, 9.17) is 4.74 Å². The summed E-state index contributed by atoms with van der Waals surface area (Å²) in [6.45, 7) is 3.71. The first-order chi connectivity index (χ1) is 18.3. The van der Waals surface area contributed by atoms with E-state index in [9.17, 15) is 18.8 Å². The second kappa shape index (κ2) is 11.3. The second-order valence-corrected chi connectivity index (χ2v) is 11.6. The van der Waals surface area contributed by atoms with Gasteiger partial charge in [0.1, 0.15) is 23.4 Å². The minimum Gasteiger partial charge on any atom is -0.481 e. The van der Waals surface area contributed by atoms with Crippen molar-refractivity contribution >= 4 is 28.7 Å². The summed E-state index contributed by atoms with van der Waals surface area (Å²) in [5.41, 5.74) is 0.701. The number of thioether (sulfide) groups is 1. The Balaban J connectivity index is 1.32.